The molecule has 1 saturated heterocycles. The van der Waals surface area contributed by atoms with Crippen LogP contribution < -0.4 is 5.32 Å². The van der Waals surface area contributed by atoms with Crippen molar-refractivity contribution in [2.45, 2.75) is 19.4 Å². The van der Waals surface area contributed by atoms with Crippen molar-refractivity contribution in [1.82, 2.24) is 10.2 Å². The number of nitrogens with zero attached hydrogens (tertiary/aromatic N) is 1. The van der Waals surface area contributed by atoms with Gasteiger partial charge in [0, 0.05) is 13.1 Å². The molecule has 16 heavy (non-hydrogen) atoms. The monoisotopic (exact) mass is 228 g/mol. The van der Waals surface area contributed by atoms with Gasteiger partial charge in [0.1, 0.15) is 0 Å². The minimum atomic E-state index is -0.715. The molecule has 0 radical (unpaired) electrons. The lowest BCUT2D eigenvalue weighted by Gasteiger charge is -2.27. The molecule has 0 spiro atoms. The number of Topliss-reactive ketones (excluding diaryl/α,β-unsaturated/α-hetero) is 1. The zero-order chi connectivity index (χ0) is 12.0. The topological polar surface area (TPSA) is 75.7 Å². The Hall–Kier alpha value is -1.43. The molecule has 1 N–H and O–H groups in total. The van der Waals surface area contributed by atoms with Crippen LogP contribution in [-0.4, -0.2) is 55.3 Å². The first-order chi connectivity index (χ1) is 7.70. The second-order valence-electron chi connectivity index (χ2n) is 3.51. The largest absolute Gasteiger partial charge is 0.378 e. The van der Waals surface area contributed by atoms with Gasteiger partial charge < -0.3 is 15.0 Å². The summed E-state index contributed by atoms with van der Waals surface area (Å²) < 4.78 is 5.09. The van der Waals surface area contributed by atoms with Crippen LogP contribution in [0.5, 0.6) is 0 Å². The van der Waals surface area contributed by atoms with Crippen molar-refractivity contribution >= 4 is 18.1 Å². The summed E-state index contributed by atoms with van der Waals surface area (Å²) in [7, 11) is 0. The highest BCUT2D eigenvalue weighted by molar-refractivity contribution is 6.38. The molecule has 1 atom stereocenters. The molecule has 1 aliphatic rings. The second-order valence-corrected chi connectivity index (χ2v) is 3.51. The fraction of sp³-hybridized carbons (Fsp3) is 0.700. The van der Waals surface area contributed by atoms with Crippen LogP contribution in [0.1, 0.15) is 13.3 Å². The molecule has 1 rings (SSSR count). The number of carbonyl (C=O) groups excluding carboxylic acids is 3. The minimum Gasteiger partial charge on any atom is -0.378 e. The molecule has 1 aliphatic heterocycles. The van der Waals surface area contributed by atoms with Crippen molar-refractivity contribution in [2.75, 3.05) is 26.3 Å². The van der Waals surface area contributed by atoms with Crippen LogP contribution in [0.2, 0.25) is 0 Å². The average molecular weight is 228 g/mol. The highest BCUT2D eigenvalue weighted by Gasteiger charge is 2.28. The standard InChI is InChI=1S/C10H16N2O4/c1-2-8(11-7-13)9(14)10(15)12-3-5-16-6-4-12/h7-8H,2-6H2,1H3,(H,11,13)/t8-/m0/s1. The summed E-state index contributed by atoms with van der Waals surface area (Å²) in [5.74, 6) is -1.10. The van der Waals surface area contributed by atoms with Crippen LogP contribution in [-0.2, 0) is 19.1 Å². The van der Waals surface area contributed by atoms with Gasteiger partial charge in [0.05, 0.1) is 19.3 Å². The molecule has 1 heterocycles. The maximum absolute atomic E-state index is 11.7. The lowest BCUT2D eigenvalue weighted by molar-refractivity contribution is -0.148. The van der Waals surface area contributed by atoms with Crippen LogP contribution in [0, 0.1) is 0 Å². The average Bonchev–Trinajstić information content (AvgIpc) is 2.35. The van der Waals surface area contributed by atoms with E-state index in [0.29, 0.717) is 39.1 Å². The van der Waals surface area contributed by atoms with E-state index in [1.54, 1.807) is 6.92 Å². The van der Waals surface area contributed by atoms with Gasteiger partial charge in [-0.25, -0.2) is 0 Å². The number of rotatable bonds is 5. The Morgan fingerprint density at radius 3 is 2.56 bits per heavy atom. The lowest BCUT2D eigenvalue weighted by atomic mass is 10.1. The first kappa shape index (κ1) is 12.6. The molecule has 0 aromatic carbocycles. The zero-order valence-corrected chi connectivity index (χ0v) is 9.27. The van der Waals surface area contributed by atoms with E-state index in [0.717, 1.165) is 0 Å². The van der Waals surface area contributed by atoms with E-state index in [9.17, 15) is 14.4 Å². The van der Waals surface area contributed by atoms with Crippen molar-refractivity contribution in [3.05, 3.63) is 0 Å². The Morgan fingerprint density at radius 2 is 2.06 bits per heavy atom. The van der Waals surface area contributed by atoms with Gasteiger partial charge in [-0.05, 0) is 6.42 Å². The molecule has 0 aromatic heterocycles. The van der Waals surface area contributed by atoms with Crippen molar-refractivity contribution in [1.29, 1.82) is 0 Å². The van der Waals surface area contributed by atoms with E-state index in [2.05, 4.69) is 5.32 Å². The lowest BCUT2D eigenvalue weighted by Crippen LogP contribution is -2.49. The van der Waals surface area contributed by atoms with Crippen molar-refractivity contribution in [2.24, 2.45) is 0 Å². The maximum atomic E-state index is 11.7. The van der Waals surface area contributed by atoms with Crippen molar-refractivity contribution in [3.8, 4) is 0 Å². The first-order valence-corrected chi connectivity index (χ1v) is 5.31. The van der Waals surface area contributed by atoms with Gasteiger partial charge in [-0.3, -0.25) is 14.4 Å². The molecule has 0 saturated carbocycles. The Bertz CT molecular complexity index is 274. The van der Waals surface area contributed by atoms with Gasteiger partial charge in [-0.1, -0.05) is 6.92 Å². The number of hydrogen-bond acceptors (Lipinski definition) is 4. The maximum Gasteiger partial charge on any atom is 0.292 e. The molecule has 0 aromatic rings. The minimum absolute atomic E-state index is 0.410. The van der Waals surface area contributed by atoms with E-state index in [1.165, 1.54) is 4.90 Å². The highest BCUT2D eigenvalue weighted by Crippen LogP contribution is 2.02. The SMILES string of the molecule is CC[C@H](NC=O)C(=O)C(=O)N1CCOCC1. The third-order valence-electron chi connectivity index (χ3n) is 2.50. The van der Waals surface area contributed by atoms with E-state index < -0.39 is 17.7 Å². The van der Waals surface area contributed by atoms with E-state index in [4.69, 9.17) is 4.74 Å². The fourth-order valence-electron chi connectivity index (χ4n) is 1.53. The van der Waals surface area contributed by atoms with Gasteiger partial charge in [0.15, 0.2) is 0 Å². The van der Waals surface area contributed by atoms with Crippen LogP contribution in [0.15, 0.2) is 0 Å². The third kappa shape index (κ3) is 3.03. The molecule has 0 aliphatic carbocycles. The third-order valence-corrected chi connectivity index (χ3v) is 2.50. The molecule has 1 fully saturated rings. The molecule has 6 nitrogen and oxygen atoms in total. The highest BCUT2D eigenvalue weighted by atomic mass is 16.5. The molecule has 2 amide bonds. The molecular formula is C10H16N2O4. The van der Waals surface area contributed by atoms with Gasteiger partial charge in [-0.15, -0.1) is 0 Å². The molecular weight excluding hydrogens is 212 g/mol. The molecule has 6 heteroatoms. The molecule has 0 unspecified atom stereocenters. The number of amides is 2. The quantitative estimate of drug-likeness (QED) is 0.480. The summed E-state index contributed by atoms with van der Waals surface area (Å²) in [6.07, 6.45) is 0.853. The summed E-state index contributed by atoms with van der Waals surface area (Å²) in [5, 5.41) is 2.34. The summed E-state index contributed by atoms with van der Waals surface area (Å²) in [4.78, 5) is 35.2. The van der Waals surface area contributed by atoms with Gasteiger partial charge in [0.25, 0.3) is 5.91 Å². The summed E-state index contributed by atoms with van der Waals surface area (Å²) >= 11 is 0. The zero-order valence-electron chi connectivity index (χ0n) is 9.27. The number of carbonyl (C=O) groups is 3. The second kappa shape index (κ2) is 6.22. The van der Waals surface area contributed by atoms with Gasteiger partial charge in [0.2, 0.25) is 12.2 Å². The molecule has 0 bridgehead atoms. The van der Waals surface area contributed by atoms with Crippen LogP contribution in [0.3, 0.4) is 0 Å². The Balaban J connectivity index is 2.56. The van der Waals surface area contributed by atoms with Gasteiger partial charge in [-0.2, -0.15) is 0 Å². The Morgan fingerprint density at radius 1 is 1.44 bits per heavy atom. The number of morpholine rings is 1. The number of hydrogen-bond donors (Lipinski definition) is 1. The predicted molar refractivity (Wildman–Crippen MR) is 55.7 cm³/mol. The van der Waals surface area contributed by atoms with Crippen LogP contribution >= 0.6 is 0 Å². The normalized spacial score (nSPS) is 17.7. The van der Waals surface area contributed by atoms with E-state index >= 15 is 0 Å². The Kier molecular flexibility index (Phi) is 4.91. The number of ketones is 1. The van der Waals surface area contributed by atoms with Gasteiger partial charge >= 0.3 is 0 Å². The summed E-state index contributed by atoms with van der Waals surface area (Å²) in [6, 6.07) is -0.715. The molecule has 90 valence electrons. The number of ether oxygens (including phenoxy) is 1. The van der Waals surface area contributed by atoms with Crippen molar-refractivity contribution in [3.63, 3.8) is 0 Å². The van der Waals surface area contributed by atoms with E-state index in [-0.39, 0.29) is 0 Å². The number of nitrogens with one attached hydrogen (secondary N) is 1. The Labute approximate surface area is 93.9 Å². The predicted octanol–water partition coefficient (Wildman–Crippen LogP) is -1.06. The smallest absolute Gasteiger partial charge is 0.292 e. The van der Waals surface area contributed by atoms with E-state index in [1.807, 2.05) is 0 Å². The summed E-state index contributed by atoms with van der Waals surface area (Å²) in [5.41, 5.74) is 0. The fourth-order valence-corrected chi connectivity index (χ4v) is 1.53. The van der Waals surface area contributed by atoms with Crippen molar-refractivity contribution < 1.29 is 19.1 Å². The van der Waals surface area contributed by atoms with Crippen LogP contribution in [0.25, 0.3) is 0 Å². The first-order valence-electron chi connectivity index (χ1n) is 5.31. The summed E-state index contributed by atoms with van der Waals surface area (Å²) in [6.45, 7) is 3.52. The van der Waals surface area contributed by atoms with Crippen LogP contribution in [0.4, 0.5) is 0 Å².